The van der Waals surface area contributed by atoms with Gasteiger partial charge in [0.15, 0.2) is 6.54 Å². The van der Waals surface area contributed by atoms with Gasteiger partial charge >= 0.3 is 0 Å². The van der Waals surface area contributed by atoms with Gasteiger partial charge in [-0.25, -0.2) is 0 Å². The zero-order valence-electron chi connectivity index (χ0n) is 14.3. The Morgan fingerprint density at radius 3 is 2.58 bits per heavy atom. The number of quaternary nitrogens is 1. The molecule has 3 N–H and O–H groups in total. The Bertz CT molecular complexity index is 599. The molecule has 132 valence electrons. The van der Waals surface area contributed by atoms with E-state index in [1.165, 1.54) is 4.90 Å². The van der Waals surface area contributed by atoms with Crippen LogP contribution in [0.5, 0.6) is 0 Å². The molecule has 0 bridgehead atoms. The fraction of sp³-hybridized carbons (Fsp3) is 0.529. The van der Waals surface area contributed by atoms with Gasteiger partial charge < -0.3 is 20.3 Å². The number of benzene rings is 1. The van der Waals surface area contributed by atoms with Gasteiger partial charge in [0.05, 0.1) is 6.54 Å². The molecule has 1 saturated heterocycles. The first kappa shape index (κ1) is 18.7. The van der Waals surface area contributed by atoms with Crippen molar-refractivity contribution in [3.05, 3.63) is 28.8 Å². The number of carbonyl (C=O) groups excluding carboxylic acids is 2. The van der Waals surface area contributed by atoms with Crippen LogP contribution in [0.2, 0.25) is 5.02 Å². The number of hydrogen-bond donors (Lipinski definition) is 3. The molecule has 2 rings (SSSR count). The molecule has 1 heterocycles. The molecule has 0 spiro atoms. The molecule has 1 aliphatic rings. The van der Waals surface area contributed by atoms with E-state index in [2.05, 4.69) is 10.6 Å². The molecule has 1 fully saturated rings. The van der Waals surface area contributed by atoms with E-state index in [1.807, 2.05) is 20.8 Å². The van der Waals surface area contributed by atoms with E-state index in [9.17, 15) is 9.59 Å². The molecule has 2 amide bonds. The summed E-state index contributed by atoms with van der Waals surface area (Å²) in [6.07, 6.45) is 0.288. The third-order valence-corrected chi connectivity index (χ3v) is 4.42. The zero-order chi connectivity index (χ0) is 17.7. The Hall–Kier alpha value is -1.63. The molecule has 0 aliphatic carbocycles. The molecule has 1 aromatic rings. The minimum absolute atomic E-state index is 0.0559. The normalized spacial score (nSPS) is 23.6. The molecule has 2 atom stereocenters. The first-order valence-electron chi connectivity index (χ1n) is 8.16. The maximum Gasteiger partial charge on any atom is 0.275 e. The summed E-state index contributed by atoms with van der Waals surface area (Å²) in [7, 11) is 0. The van der Waals surface area contributed by atoms with E-state index in [4.69, 9.17) is 16.3 Å². The Balaban J connectivity index is 1.77. The highest BCUT2D eigenvalue weighted by Crippen LogP contribution is 2.22. The van der Waals surface area contributed by atoms with Gasteiger partial charge in [-0.2, -0.15) is 0 Å². The van der Waals surface area contributed by atoms with Gasteiger partial charge in [0.1, 0.15) is 25.3 Å². The van der Waals surface area contributed by atoms with E-state index >= 15 is 0 Å². The molecule has 0 radical (unpaired) electrons. The largest absolute Gasteiger partial charge is 0.364 e. The van der Waals surface area contributed by atoms with Crippen LogP contribution in [-0.2, 0) is 14.3 Å². The van der Waals surface area contributed by atoms with Crippen molar-refractivity contribution >= 4 is 29.1 Å². The molecular weight excluding hydrogens is 330 g/mol. The maximum atomic E-state index is 12.0. The van der Waals surface area contributed by atoms with E-state index in [0.717, 1.165) is 18.7 Å². The summed E-state index contributed by atoms with van der Waals surface area (Å²) < 4.78 is 5.66. The highest BCUT2D eigenvalue weighted by Gasteiger charge is 2.27. The molecule has 1 aliphatic heterocycles. The summed E-state index contributed by atoms with van der Waals surface area (Å²) in [5.41, 5.74) is 1.46. The molecule has 0 unspecified atom stereocenters. The van der Waals surface area contributed by atoms with Crippen molar-refractivity contribution in [3.8, 4) is 0 Å². The van der Waals surface area contributed by atoms with Gasteiger partial charge in [0.2, 0.25) is 5.91 Å². The predicted molar refractivity (Wildman–Crippen MR) is 93.4 cm³/mol. The van der Waals surface area contributed by atoms with Crippen LogP contribution >= 0.6 is 11.6 Å². The maximum absolute atomic E-state index is 12.0. The van der Waals surface area contributed by atoms with E-state index < -0.39 is 0 Å². The first-order valence-corrected chi connectivity index (χ1v) is 8.53. The molecule has 0 aromatic heterocycles. The fourth-order valence-corrected chi connectivity index (χ4v) is 3.11. The molecule has 7 heteroatoms. The second kappa shape index (κ2) is 8.46. The van der Waals surface area contributed by atoms with Crippen LogP contribution in [0.15, 0.2) is 18.2 Å². The van der Waals surface area contributed by atoms with Gasteiger partial charge in [-0.3, -0.25) is 9.59 Å². The number of morpholine rings is 1. The number of anilines is 1. The average molecular weight is 355 g/mol. The summed E-state index contributed by atoms with van der Waals surface area (Å²) in [5, 5.41) is 6.02. The third-order valence-electron chi connectivity index (χ3n) is 4.02. The number of halogens is 1. The monoisotopic (exact) mass is 354 g/mol. The SMILES string of the molecule is Cc1c(Cl)cccc1NC(=O)CNC(=O)C[NH+]1C[C@H](C)O[C@@H](C)C1. The van der Waals surface area contributed by atoms with Crippen LogP contribution in [0.25, 0.3) is 0 Å². The summed E-state index contributed by atoms with van der Waals surface area (Å²) in [6, 6.07) is 5.32. The fourth-order valence-electron chi connectivity index (χ4n) is 2.94. The van der Waals surface area contributed by atoms with Crippen molar-refractivity contribution in [3.63, 3.8) is 0 Å². The summed E-state index contributed by atoms with van der Waals surface area (Å²) in [6.45, 7) is 7.74. The van der Waals surface area contributed by atoms with Crippen LogP contribution < -0.4 is 15.5 Å². The van der Waals surface area contributed by atoms with Crippen molar-refractivity contribution in [2.75, 3.05) is 31.5 Å². The third kappa shape index (κ3) is 5.47. The number of carbonyl (C=O) groups is 2. The van der Waals surface area contributed by atoms with Gasteiger partial charge in [-0.05, 0) is 38.5 Å². The van der Waals surface area contributed by atoms with E-state index in [1.54, 1.807) is 18.2 Å². The molecule has 6 nitrogen and oxygen atoms in total. The van der Waals surface area contributed by atoms with E-state index in [-0.39, 0.29) is 30.6 Å². The predicted octanol–water partition coefficient (Wildman–Crippen LogP) is 0.395. The van der Waals surface area contributed by atoms with Crippen molar-refractivity contribution in [2.45, 2.75) is 33.0 Å². The highest BCUT2D eigenvalue weighted by molar-refractivity contribution is 6.31. The standard InChI is InChI=1S/C17H24ClN3O3/c1-11-8-21(9-12(2)24-11)10-17(23)19-7-16(22)20-15-6-4-5-14(18)13(15)3/h4-6,11-12H,7-10H2,1-3H3,(H,19,23)(H,20,22)/p+1/t11-,12-/m0/s1. The number of nitrogens with one attached hydrogen (secondary N) is 3. The van der Waals surface area contributed by atoms with Crippen LogP contribution in [-0.4, -0.2) is 50.2 Å². The molecular formula is C17H25ClN3O3+. The number of amides is 2. The second-order valence-electron chi connectivity index (χ2n) is 6.33. The van der Waals surface area contributed by atoms with Crippen molar-refractivity contribution < 1.29 is 19.2 Å². The molecule has 0 saturated carbocycles. The van der Waals surface area contributed by atoms with Crippen LogP contribution in [0.4, 0.5) is 5.69 Å². The number of hydrogen-bond acceptors (Lipinski definition) is 3. The van der Waals surface area contributed by atoms with Crippen LogP contribution in [0, 0.1) is 6.92 Å². The lowest BCUT2D eigenvalue weighted by Crippen LogP contribution is -3.16. The summed E-state index contributed by atoms with van der Waals surface area (Å²) >= 11 is 6.02. The minimum Gasteiger partial charge on any atom is -0.364 e. The lowest BCUT2D eigenvalue weighted by Gasteiger charge is -2.31. The van der Waals surface area contributed by atoms with Crippen molar-refractivity contribution in [1.29, 1.82) is 0 Å². The quantitative estimate of drug-likeness (QED) is 0.716. The number of rotatable bonds is 5. The second-order valence-corrected chi connectivity index (χ2v) is 6.74. The minimum atomic E-state index is -0.271. The topological polar surface area (TPSA) is 71.9 Å². The first-order chi connectivity index (χ1) is 11.3. The lowest BCUT2D eigenvalue weighted by atomic mass is 10.2. The Morgan fingerprint density at radius 1 is 1.25 bits per heavy atom. The smallest absolute Gasteiger partial charge is 0.275 e. The van der Waals surface area contributed by atoms with Crippen molar-refractivity contribution in [1.82, 2.24) is 5.32 Å². The molecule has 24 heavy (non-hydrogen) atoms. The summed E-state index contributed by atoms with van der Waals surface area (Å²) in [4.78, 5) is 25.2. The average Bonchev–Trinajstić information content (AvgIpc) is 2.49. The Labute approximate surface area is 147 Å². The number of ether oxygens (including phenoxy) is 1. The van der Waals surface area contributed by atoms with Crippen LogP contribution in [0.1, 0.15) is 19.4 Å². The van der Waals surface area contributed by atoms with Crippen molar-refractivity contribution in [2.24, 2.45) is 0 Å². The van der Waals surface area contributed by atoms with Gasteiger partial charge in [-0.1, -0.05) is 17.7 Å². The zero-order valence-corrected chi connectivity index (χ0v) is 15.1. The summed E-state index contributed by atoms with van der Waals surface area (Å²) in [5.74, 6) is -0.406. The van der Waals surface area contributed by atoms with Gasteiger partial charge in [0.25, 0.3) is 5.91 Å². The molecule has 1 aromatic carbocycles. The van der Waals surface area contributed by atoms with Crippen LogP contribution in [0.3, 0.4) is 0 Å². The lowest BCUT2D eigenvalue weighted by molar-refractivity contribution is -0.907. The highest BCUT2D eigenvalue weighted by atomic mass is 35.5. The Morgan fingerprint density at radius 2 is 1.92 bits per heavy atom. The van der Waals surface area contributed by atoms with Gasteiger partial charge in [0, 0.05) is 10.7 Å². The Kier molecular flexibility index (Phi) is 6.60. The van der Waals surface area contributed by atoms with Gasteiger partial charge in [-0.15, -0.1) is 0 Å². The van der Waals surface area contributed by atoms with E-state index in [0.29, 0.717) is 17.3 Å².